The third kappa shape index (κ3) is 5.08. The molecule has 2 aromatic heterocycles. The number of aryl methyl sites for hydroxylation is 1. The molecule has 1 aliphatic rings. The fraction of sp³-hybridized carbons (Fsp3) is 0.292. The number of esters is 1. The molecule has 9 nitrogen and oxygen atoms in total. The molecule has 3 heterocycles. The summed E-state index contributed by atoms with van der Waals surface area (Å²) in [5, 5.41) is 11.6. The summed E-state index contributed by atoms with van der Waals surface area (Å²) in [4.78, 5) is 40.2. The molecule has 0 radical (unpaired) electrons. The Morgan fingerprint density at radius 3 is 2.42 bits per heavy atom. The maximum Gasteiger partial charge on any atom is 0.322 e. The average Bonchev–Trinajstić information content (AvgIpc) is 3.42. The second-order valence-electron chi connectivity index (χ2n) is 8.92. The number of nitrogens with one attached hydrogen (secondary N) is 3. The molecule has 3 amide bonds. The van der Waals surface area contributed by atoms with E-state index < -0.39 is 17.5 Å². The van der Waals surface area contributed by atoms with Crippen LogP contribution in [0.1, 0.15) is 32.8 Å². The molecule has 0 aliphatic carbocycles. The average molecular weight is 447 g/mol. The van der Waals surface area contributed by atoms with Gasteiger partial charge in [0.1, 0.15) is 11.7 Å². The van der Waals surface area contributed by atoms with Gasteiger partial charge in [0, 0.05) is 17.3 Å². The van der Waals surface area contributed by atoms with E-state index in [0.717, 1.165) is 16.7 Å². The van der Waals surface area contributed by atoms with Gasteiger partial charge in [-0.25, -0.2) is 9.78 Å². The first-order valence-corrected chi connectivity index (χ1v) is 10.6. The highest BCUT2D eigenvalue weighted by Gasteiger charge is 2.29. The molecule has 0 spiro atoms. The number of H-pyrrole nitrogens is 1. The van der Waals surface area contributed by atoms with Crippen LogP contribution in [0.4, 0.5) is 4.79 Å². The predicted octanol–water partition coefficient (Wildman–Crippen LogP) is 3.23. The van der Waals surface area contributed by atoms with Gasteiger partial charge >= 0.3 is 12.0 Å². The number of hydrogen-bond donors (Lipinski definition) is 3. The van der Waals surface area contributed by atoms with Gasteiger partial charge in [-0.2, -0.15) is 5.10 Å². The lowest BCUT2D eigenvalue weighted by Crippen LogP contribution is -2.29. The summed E-state index contributed by atoms with van der Waals surface area (Å²) < 4.78 is 5.69. The van der Waals surface area contributed by atoms with E-state index in [1.165, 1.54) is 0 Å². The van der Waals surface area contributed by atoms with Crippen LogP contribution in [0.3, 0.4) is 0 Å². The molecule has 4 rings (SSSR count). The Morgan fingerprint density at radius 1 is 1.06 bits per heavy atom. The molecule has 1 saturated heterocycles. The van der Waals surface area contributed by atoms with Crippen molar-refractivity contribution in [1.82, 2.24) is 25.8 Å². The molecule has 1 aliphatic heterocycles. The van der Waals surface area contributed by atoms with Crippen LogP contribution in [-0.4, -0.2) is 39.1 Å². The number of ether oxygens (including phenoxy) is 1. The van der Waals surface area contributed by atoms with Crippen molar-refractivity contribution in [2.75, 3.05) is 0 Å². The van der Waals surface area contributed by atoms with Crippen molar-refractivity contribution in [3.8, 4) is 28.3 Å². The number of urea groups is 1. The monoisotopic (exact) mass is 447 g/mol. The number of aromatic amines is 1. The number of aromatic nitrogens is 3. The zero-order valence-electron chi connectivity index (χ0n) is 18.6. The smallest absolute Gasteiger partial charge is 0.322 e. The molecule has 0 unspecified atom stereocenters. The second kappa shape index (κ2) is 8.85. The van der Waals surface area contributed by atoms with Crippen LogP contribution in [0.25, 0.3) is 22.5 Å². The number of hydrogen-bond acceptors (Lipinski definition) is 6. The van der Waals surface area contributed by atoms with Gasteiger partial charge in [-0.15, -0.1) is 0 Å². The first-order valence-electron chi connectivity index (χ1n) is 10.6. The van der Waals surface area contributed by atoms with Crippen LogP contribution in [0.2, 0.25) is 0 Å². The number of nitrogens with zero attached hydrogens (tertiary/aromatic N) is 2. The third-order valence-electron chi connectivity index (χ3n) is 5.27. The van der Waals surface area contributed by atoms with E-state index in [0.29, 0.717) is 30.0 Å². The number of benzene rings is 1. The molecular weight excluding hydrogens is 422 g/mol. The number of imide groups is 1. The van der Waals surface area contributed by atoms with Crippen LogP contribution in [0.5, 0.6) is 5.75 Å². The van der Waals surface area contributed by atoms with E-state index in [2.05, 4.69) is 20.8 Å². The Balaban J connectivity index is 1.59. The highest BCUT2D eigenvalue weighted by Crippen LogP contribution is 2.33. The molecule has 33 heavy (non-hydrogen) atoms. The SMILES string of the molecule is CC(C)(C)C(=O)Oc1ccc(-c2cn[nH]c2)nc1-c1ccc(CC[C@@H]2NC(=O)NC2=O)cc1. The van der Waals surface area contributed by atoms with Crippen molar-refractivity contribution in [2.24, 2.45) is 5.41 Å². The summed E-state index contributed by atoms with van der Waals surface area (Å²) in [7, 11) is 0. The van der Waals surface area contributed by atoms with E-state index in [1.54, 1.807) is 45.3 Å². The molecule has 1 atom stereocenters. The second-order valence-corrected chi connectivity index (χ2v) is 8.92. The number of carbonyl (C=O) groups is 3. The van der Waals surface area contributed by atoms with E-state index in [1.807, 2.05) is 24.3 Å². The van der Waals surface area contributed by atoms with E-state index >= 15 is 0 Å². The maximum atomic E-state index is 12.5. The number of carbonyl (C=O) groups excluding carboxylic acids is 3. The first kappa shape index (κ1) is 22.2. The first-order chi connectivity index (χ1) is 15.7. The van der Waals surface area contributed by atoms with Gasteiger partial charge in [0.15, 0.2) is 5.75 Å². The fourth-order valence-electron chi connectivity index (χ4n) is 3.34. The summed E-state index contributed by atoms with van der Waals surface area (Å²) >= 11 is 0. The van der Waals surface area contributed by atoms with Crippen LogP contribution in [-0.2, 0) is 16.0 Å². The molecule has 9 heteroatoms. The fourth-order valence-corrected chi connectivity index (χ4v) is 3.34. The van der Waals surface area contributed by atoms with Gasteiger partial charge in [-0.1, -0.05) is 24.3 Å². The molecule has 1 fully saturated rings. The summed E-state index contributed by atoms with van der Waals surface area (Å²) in [6, 6.07) is 10.2. The minimum Gasteiger partial charge on any atom is -0.424 e. The quantitative estimate of drug-likeness (QED) is 0.393. The molecule has 1 aromatic carbocycles. The summed E-state index contributed by atoms with van der Waals surface area (Å²) in [5.74, 6) is -0.280. The zero-order valence-corrected chi connectivity index (χ0v) is 18.6. The van der Waals surface area contributed by atoms with E-state index in [-0.39, 0.29) is 11.9 Å². The Morgan fingerprint density at radius 2 is 1.82 bits per heavy atom. The summed E-state index contributed by atoms with van der Waals surface area (Å²) in [6.45, 7) is 5.39. The third-order valence-corrected chi connectivity index (χ3v) is 5.27. The Kier molecular flexibility index (Phi) is 5.95. The molecule has 3 aromatic rings. The Bertz CT molecular complexity index is 1180. The standard InChI is InChI=1S/C24H25N5O4/c1-24(2,3)22(31)33-19-11-10-17(16-12-25-26-13-16)27-20(19)15-7-4-14(5-8-15)6-9-18-21(30)29-23(32)28-18/h4-5,7-8,10-13,18H,6,9H2,1-3H3,(H,25,26)(H2,28,29,30,32)/t18-/m0/s1. The van der Waals surface area contributed by atoms with Crippen molar-refractivity contribution < 1.29 is 19.1 Å². The minimum atomic E-state index is -0.660. The summed E-state index contributed by atoms with van der Waals surface area (Å²) in [5.41, 5.74) is 3.19. The number of rotatable bonds is 6. The normalized spacial score (nSPS) is 15.8. The van der Waals surface area contributed by atoms with Crippen molar-refractivity contribution in [2.45, 2.75) is 39.7 Å². The van der Waals surface area contributed by atoms with E-state index in [4.69, 9.17) is 9.72 Å². The minimum absolute atomic E-state index is 0.304. The summed E-state index contributed by atoms with van der Waals surface area (Å²) in [6.07, 6.45) is 4.54. The van der Waals surface area contributed by atoms with Gasteiger partial charge in [-0.3, -0.25) is 20.0 Å². The molecule has 170 valence electrons. The van der Waals surface area contributed by atoms with Gasteiger partial charge in [0.25, 0.3) is 5.91 Å². The van der Waals surface area contributed by atoms with Crippen LogP contribution in [0.15, 0.2) is 48.8 Å². The van der Waals surface area contributed by atoms with Crippen LogP contribution in [0, 0.1) is 5.41 Å². The molecule has 3 N–H and O–H groups in total. The number of amides is 3. The van der Waals surface area contributed by atoms with Crippen molar-refractivity contribution in [3.05, 3.63) is 54.4 Å². The Hall–Kier alpha value is -4.01. The lowest BCUT2D eigenvalue weighted by Gasteiger charge is -2.18. The molecular formula is C24H25N5O4. The maximum absolute atomic E-state index is 12.5. The predicted molar refractivity (Wildman–Crippen MR) is 121 cm³/mol. The van der Waals surface area contributed by atoms with Crippen LogP contribution >= 0.6 is 0 Å². The molecule has 0 saturated carbocycles. The lowest BCUT2D eigenvalue weighted by molar-refractivity contribution is -0.143. The van der Waals surface area contributed by atoms with Crippen molar-refractivity contribution in [3.63, 3.8) is 0 Å². The van der Waals surface area contributed by atoms with Gasteiger partial charge < -0.3 is 10.1 Å². The number of pyridine rings is 1. The zero-order chi connectivity index (χ0) is 23.6. The van der Waals surface area contributed by atoms with E-state index in [9.17, 15) is 14.4 Å². The largest absolute Gasteiger partial charge is 0.424 e. The molecule has 0 bridgehead atoms. The Labute approximate surface area is 191 Å². The van der Waals surface area contributed by atoms with Gasteiger partial charge in [0.05, 0.1) is 17.3 Å². The van der Waals surface area contributed by atoms with Crippen molar-refractivity contribution in [1.29, 1.82) is 0 Å². The van der Waals surface area contributed by atoms with Crippen molar-refractivity contribution >= 4 is 17.9 Å². The highest BCUT2D eigenvalue weighted by molar-refractivity contribution is 6.04. The van der Waals surface area contributed by atoms with Gasteiger partial charge in [-0.05, 0) is 51.3 Å². The van der Waals surface area contributed by atoms with Gasteiger partial charge in [0.2, 0.25) is 0 Å². The topological polar surface area (TPSA) is 126 Å². The van der Waals surface area contributed by atoms with Crippen LogP contribution < -0.4 is 15.4 Å². The highest BCUT2D eigenvalue weighted by atomic mass is 16.5. The lowest BCUT2D eigenvalue weighted by atomic mass is 9.97.